The van der Waals surface area contributed by atoms with E-state index in [1.54, 1.807) is 7.11 Å². The second-order valence-electron chi connectivity index (χ2n) is 7.17. The number of nitrogens with one attached hydrogen (secondary N) is 2. The third-order valence-electron chi connectivity index (χ3n) is 4.65. The number of nitrogens with zero attached hydrogens (tertiary/aromatic N) is 2. The molecule has 140 valence electrons. The molecule has 0 aliphatic carbocycles. The molecule has 0 radical (unpaired) electrons. The summed E-state index contributed by atoms with van der Waals surface area (Å²) < 4.78 is 5.12. The molecular weight excluding hydrogens is 340 g/mol. The molecule has 0 spiro atoms. The summed E-state index contributed by atoms with van der Waals surface area (Å²) in [6, 6.07) is 17.5. The lowest BCUT2D eigenvalue weighted by Gasteiger charge is -2.43. The number of amides is 2. The first-order valence-electron chi connectivity index (χ1n) is 8.90. The molecule has 2 aromatic carbocycles. The van der Waals surface area contributed by atoms with Crippen LogP contribution in [0, 0.1) is 16.7 Å². The minimum Gasteiger partial charge on any atom is -0.497 e. The maximum Gasteiger partial charge on any atom is 0.319 e. The zero-order valence-corrected chi connectivity index (χ0v) is 15.7. The van der Waals surface area contributed by atoms with E-state index in [1.165, 1.54) is 5.56 Å². The summed E-state index contributed by atoms with van der Waals surface area (Å²) in [5.74, 6) is 0.791. The molecule has 27 heavy (non-hydrogen) atoms. The Hall–Kier alpha value is -3.04. The maximum absolute atomic E-state index is 12.0. The predicted molar refractivity (Wildman–Crippen MR) is 104 cm³/mol. The number of methoxy groups -OCH3 is 1. The molecule has 6 heteroatoms. The number of benzene rings is 2. The van der Waals surface area contributed by atoms with Gasteiger partial charge in [-0.3, -0.25) is 4.90 Å². The highest BCUT2D eigenvalue weighted by Gasteiger charge is 2.38. The Morgan fingerprint density at radius 3 is 2.37 bits per heavy atom. The monoisotopic (exact) mass is 364 g/mol. The highest BCUT2D eigenvalue weighted by Crippen LogP contribution is 2.30. The predicted octanol–water partition coefficient (Wildman–Crippen LogP) is 3.36. The summed E-state index contributed by atoms with van der Waals surface area (Å²) in [4.78, 5) is 14.3. The van der Waals surface area contributed by atoms with Gasteiger partial charge >= 0.3 is 6.03 Å². The van der Waals surface area contributed by atoms with Gasteiger partial charge in [-0.25, -0.2) is 4.79 Å². The molecule has 1 heterocycles. The normalized spacial score (nSPS) is 15.3. The van der Waals surface area contributed by atoms with Crippen LogP contribution in [0.5, 0.6) is 5.75 Å². The molecule has 0 aromatic heterocycles. The highest BCUT2D eigenvalue weighted by molar-refractivity contribution is 5.89. The van der Waals surface area contributed by atoms with E-state index in [4.69, 9.17) is 10.00 Å². The topological polar surface area (TPSA) is 77.4 Å². The Morgan fingerprint density at radius 1 is 1.15 bits per heavy atom. The number of carbonyl (C=O) groups is 1. The maximum atomic E-state index is 12.0. The molecule has 0 saturated carbocycles. The third-order valence-corrected chi connectivity index (χ3v) is 4.65. The average molecular weight is 364 g/mol. The van der Waals surface area contributed by atoms with E-state index in [0.717, 1.165) is 36.6 Å². The van der Waals surface area contributed by atoms with Gasteiger partial charge in [-0.1, -0.05) is 24.3 Å². The number of likely N-dealkylation sites (tertiary alicyclic amines) is 1. The molecule has 2 amide bonds. The number of ether oxygens (including phenoxy) is 1. The molecular formula is C21H24N4O2. The van der Waals surface area contributed by atoms with Crippen molar-refractivity contribution in [3.05, 3.63) is 59.7 Å². The van der Waals surface area contributed by atoms with Crippen LogP contribution in [0.4, 0.5) is 10.5 Å². The summed E-state index contributed by atoms with van der Waals surface area (Å²) in [5, 5.41) is 14.7. The molecule has 1 aliphatic heterocycles. The van der Waals surface area contributed by atoms with Crippen LogP contribution in [-0.2, 0) is 13.1 Å². The summed E-state index contributed by atoms with van der Waals surface area (Å²) in [6.07, 6.45) is 0. The smallest absolute Gasteiger partial charge is 0.319 e. The van der Waals surface area contributed by atoms with Crippen LogP contribution in [-0.4, -0.2) is 31.1 Å². The molecule has 2 N–H and O–H groups in total. The van der Waals surface area contributed by atoms with Gasteiger partial charge in [0.2, 0.25) is 0 Å². The summed E-state index contributed by atoms with van der Waals surface area (Å²) in [6.45, 7) is 4.86. The summed E-state index contributed by atoms with van der Waals surface area (Å²) >= 11 is 0. The van der Waals surface area contributed by atoms with E-state index in [9.17, 15) is 4.79 Å². The number of hydrogen-bond donors (Lipinski definition) is 2. The van der Waals surface area contributed by atoms with Crippen LogP contribution in [0.15, 0.2) is 48.5 Å². The standard InChI is InChI=1S/C21H24N4O2/c1-21(13-22)14-25(15-21)12-17-3-7-18(8-4-17)24-20(26)23-11-16-5-9-19(27-2)10-6-16/h3-10H,11-12,14-15H2,1-2H3,(H2,23,24,26). The molecule has 2 aromatic rings. The lowest BCUT2D eigenvalue weighted by Crippen LogP contribution is -2.53. The fraction of sp³-hybridized carbons (Fsp3) is 0.333. The fourth-order valence-electron chi connectivity index (χ4n) is 3.18. The van der Waals surface area contributed by atoms with Gasteiger partial charge in [0.25, 0.3) is 0 Å². The molecule has 3 rings (SSSR count). The molecule has 1 saturated heterocycles. The van der Waals surface area contributed by atoms with Crippen molar-refractivity contribution in [2.45, 2.75) is 20.0 Å². The van der Waals surface area contributed by atoms with Crippen LogP contribution in [0.1, 0.15) is 18.1 Å². The van der Waals surface area contributed by atoms with Crippen LogP contribution in [0.25, 0.3) is 0 Å². The van der Waals surface area contributed by atoms with Crippen LogP contribution in [0.3, 0.4) is 0 Å². The van der Waals surface area contributed by atoms with Crippen molar-refractivity contribution >= 4 is 11.7 Å². The van der Waals surface area contributed by atoms with Crippen molar-refractivity contribution in [3.8, 4) is 11.8 Å². The Labute approximate surface area is 159 Å². The van der Waals surface area contributed by atoms with Gasteiger partial charge in [-0.15, -0.1) is 0 Å². The van der Waals surface area contributed by atoms with E-state index in [0.29, 0.717) is 6.54 Å². The summed E-state index contributed by atoms with van der Waals surface area (Å²) in [7, 11) is 1.62. The van der Waals surface area contributed by atoms with Gasteiger partial charge < -0.3 is 15.4 Å². The van der Waals surface area contributed by atoms with Gasteiger partial charge in [-0.2, -0.15) is 5.26 Å². The zero-order valence-electron chi connectivity index (χ0n) is 15.7. The number of nitriles is 1. The Kier molecular flexibility index (Phi) is 5.63. The number of urea groups is 1. The Balaban J connectivity index is 1.43. The summed E-state index contributed by atoms with van der Waals surface area (Å²) in [5.41, 5.74) is 2.71. The van der Waals surface area contributed by atoms with Crippen molar-refractivity contribution in [2.75, 3.05) is 25.5 Å². The van der Waals surface area contributed by atoms with Gasteiger partial charge in [0.15, 0.2) is 0 Å². The van der Waals surface area contributed by atoms with E-state index in [1.807, 2.05) is 55.5 Å². The molecule has 0 bridgehead atoms. The molecule has 6 nitrogen and oxygen atoms in total. The largest absolute Gasteiger partial charge is 0.497 e. The first kappa shape index (κ1) is 18.7. The Bertz CT molecular complexity index is 819. The lowest BCUT2D eigenvalue weighted by atomic mass is 9.83. The highest BCUT2D eigenvalue weighted by atomic mass is 16.5. The van der Waals surface area contributed by atoms with E-state index >= 15 is 0 Å². The molecule has 1 aliphatic rings. The third kappa shape index (κ3) is 4.99. The minimum absolute atomic E-state index is 0.205. The van der Waals surface area contributed by atoms with E-state index in [2.05, 4.69) is 21.6 Å². The average Bonchev–Trinajstić information content (AvgIpc) is 2.67. The minimum atomic E-state index is -0.244. The van der Waals surface area contributed by atoms with Crippen LogP contribution in [0.2, 0.25) is 0 Å². The SMILES string of the molecule is COc1ccc(CNC(=O)Nc2ccc(CN3CC(C)(C#N)C3)cc2)cc1. The van der Waals surface area contributed by atoms with E-state index in [-0.39, 0.29) is 11.4 Å². The van der Waals surface area contributed by atoms with Gasteiger partial charge in [-0.05, 0) is 42.3 Å². The first-order chi connectivity index (χ1) is 13.0. The second-order valence-corrected chi connectivity index (χ2v) is 7.17. The molecule has 0 atom stereocenters. The number of rotatable bonds is 6. The van der Waals surface area contributed by atoms with Crippen molar-refractivity contribution < 1.29 is 9.53 Å². The zero-order chi connectivity index (χ0) is 19.3. The van der Waals surface area contributed by atoms with Gasteiger partial charge in [0.05, 0.1) is 18.6 Å². The van der Waals surface area contributed by atoms with E-state index < -0.39 is 0 Å². The molecule has 1 fully saturated rings. The first-order valence-corrected chi connectivity index (χ1v) is 8.90. The fourth-order valence-corrected chi connectivity index (χ4v) is 3.18. The van der Waals surface area contributed by atoms with Crippen molar-refractivity contribution in [2.24, 2.45) is 5.41 Å². The number of anilines is 1. The van der Waals surface area contributed by atoms with Gasteiger partial charge in [0, 0.05) is 31.9 Å². The second kappa shape index (κ2) is 8.11. The Morgan fingerprint density at radius 2 is 1.78 bits per heavy atom. The van der Waals surface area contributed by atoms with Gasteiger partial charge in [0.1, 0.15) is 5.75 Å². The van der Waals surface area contributed by atoms with Crippen LogP contribution < -0.4 is 15.4 Å². The van der Waals surface area contributed by atoms with Crippen molar-refractivity contribution in [1.29, 1.82) is 5.26 Å². The van der Waals surface area contributed by atoms with Crippen molar-refractivity contribution in [3.63, 3.8) is 0 Å². The molecule has 0 unspecified atom stereocenters. The lowest BCUT2D eigenvalue weighted by molar-refractivity contribution is 0.0530. The van der Waals surface area contributed by atoms with Crippen LogP contribution >= 0.6 is 0 Å². The number of carbonyl (C=O) groups excluding carboxylic acids is 1. The van der Waals surface area contributed by atoms with Crippen molar-refractivity contribution in [1.82, 2.24) is 10.2 Å². The quantitative estimate of drug-likeness (QED) is 0.824. The number of hydrogen-bond acceptors (Lipinski definition) is 4.